The highest BCUT2D eigenvalue weighted by atomic mass is 16.5. The van der Waals surface area contributed by atoms with Crippen LogP contribution in [-0.2, 0) is 0 Å². The van der Waals surface area contributed by atoms with Gasteiger partial charge in [-0.2, -0.15) is 0 Å². The van der Waals surface area contributed by atoms with Crippen LogP contribution in [0.1, 0.15) is 36.0 Å². The molecular formula is C21H27N2O2+. The zero-order valence-electron chi connectivity index (χ0n) is 14.7. The average Bonchev–Trinajstić information content (AvgIpc) is 2.67. The van der Waals surface area contributed by atoms with E-state index in [2.05, 4.69) is 5.32 Å². The molecule has 0 aliphatic carbocycles. The topological polar surface area (TPSA) is 42.8 Å². The van der Waals surface area contributed by atoms with Gasteiger partial charge in [-0.05, 0) is 55.7 Å². The van der Waals surface area contributed by atoms with Gasteiger partial charge in [0.2, 0.25) is 0 Å². The van der Waals surface area contributed by atoms with Crippen molar-refractivity contribution in [2.24, 2.45) is 0 Å². The molecule has 2 aromatic carbocycles. The average molecular weight is 339 g/mol. The van der Waals surface area contributed by atoms with Gasteiger partial charge in [-0.25, -0.2) is 0 Å². The van der Waals surface area contributed by atoms with Crippen LogP contribution in [0.2, 0.25) is 0 Å². The Morgan fingerprint density at radius 2 is 1.60 bits per heavy atom. The van der Waals surface area contributed by atoms with E-state index in [1.807, 2.05) is 54.6 Å². The smallest absolute Gasteiger partial charge is 0.251 e. The van der Waals surface area contributed by atoms with Gasteiger partial charge in [-0.1, -0.05) is 18.2 Å². The van der Waals surface area contributed by atoms with Crippen molar-refractivity contribution < 1.29 is 14.4 Å². The fourth-order valence-corrected chi connectivity index (χ4v) is 3.24. The van der Waals surface area contributed by atoms with E-state index in [1.54, 1.807) is 4.90 Å². The quantitative estimate of drug-likeness (QED) is 0.762. The SMILES string of the molecule is O=C(NCCC[NH+]1CCCCC1)c1ccc(Oc2ccccc2)cc1. The molecule has 0 saturated carbocycles. The molecule has 2 N–H and O–H groups in total. The Balaban J connectivity index is 1.41. The van der Waals surface area contributed by atoms with Gasteiger partial charge in [0.1, 0.15) is 11.5 Å². The van der Waals surface area contributed by atoms with E-state index >= 15 is 0 Å². The molecule has 1 fully saturated rings. The maximum Gasteiger partial charge on any atom is 0.251 e. The van der Waals surface area contributed by atoms with Crippen LogP contribution in [0.3, 0.4) is 0 Å². The molecule has 1 aliphatic heterocycles. The Bertz CT molecular complexity index is 649. The summed E-state index contributed by atoms with van der Waals surface area (Å²) in [6.45, 7) is 4.47. The van der Waals surface area contributed by atoms with Gasteiger partial charge in [-0.3, -0.25) is 4.79 Å². The second kappa shape index (κ2) is 9.23. The molecule has 132 valence electrons. The number of quaternary nitrogens is 1. The number of ether oxygens (including phenoxy) is 1. The first-order chi connectivity index (χ1) is 12.3. The van der Waals surface area contributed by atoms with Crippen molar-refractivity contribution in [1.82, 2.24) is 5.32 Å². The Morgan fingerprint density at radius 3 is 2.32 bits per heavy atom. The number of amides is 1. The van der Waals surface area contributed by atoms with Crippen molar-refractivity contribution in [3.63, 3.8) is 0 Å². The summed E-state index contributed by atoms with van der Waals surface area (Å²) < 4.78 is 5.74. The lowest BCUT2D eigenvalue weighted by Crippen LogP contribution is -3.12. The molecule has 1 aliphatic rings. The Kier molecular flexibility index (Phi) is 6.46. The minimum atomic E-state index is -0.0140. The molecule has 1 heterocycles. The van der Waals surface area contributed by atoms with Crippen LogP contribution >= 0.6 is 0 Å². The number of hydrogen-bond acceptors (Lipinski definition) is 2. The van der Waals surface area contributed by atoms with Crippen LogP contribution in [-0.4, -0.2) is 32.1 Å². The second-order valence-electron chi connectivity index (χ2n) is 6.61. The van der Waals surface area contributed by atoms with Crippen molar-refractivity contribution in [3.05, 3.63) is 60.2 Å². The van der Waals surface area contributed by atoms with Crippen LogP contribution < -0.4 is 15.0 Å². The van der Waals surface area contributed by atoms with E-state index in [9.17, 15) is 4.79 Å². The van der Waals surface area contributed by atoms with Gasteiger partial charge < -0.3 is 15.0 Å². The van der Waals surface area contributed by atoms with Crippen molar-refractivity contribution in [2.45, 2.75) is 25.7 Å². The summed E-state index contributed by atoms with van der Waals surface area (Å²) >= 11 is 0. The van der Waals surface area contributed by atoms with E-state index in [0.29, 0.717) is 5.56 Å². The first-order valence-corrected chi connectivity index (χ1v) is 9.26. The number of carbonyl (C=O) groups excluding carboxylic acids is 1. The number of nitrogens with one attached hydrogen (secondary N) is 2. The van der Waals surface area contributed by atoms with Crippen LogP contribution in [0.25, 0.3) is 0 Å². The van der Waals surface area contributed by atoms with E-state index in [-0.39, 0.29) is 5.91 Å². The molecule has 1 amide bonds. The molecule has 0 radical (unpaired) electrons. The number of para-hydroxylation sites is 1. The van der Waals surface area contributed by atoms with E-state index in [0.717, 1.165) is 31.0 Å². The number of likely N-dealkylation sites (tertiary alicyclic amines) is 1. The molecule has 25 heavy (non-hydrogen) atoms. The Hall–Kier alpha value is -2.33. The maximum absolute atomic E-state index is 12.2. The molecule has 3 rings (SSSR count). The third-order valence-electron chi connectivity index (χ3n) is 4.65. The summed E-state index contributed by atoms with van der Waals surface area (Å²) in [7, 11) is 0. The number of rotatable bonds is 7. The van der Waals surface area contributed by atoms with Crippen molar-refractivity contribution in [3.8, 4) is 11.5 Å². The van der Waals surface area contributed by atoms with Gasteiger partial charge >= 0.3 is 0 Å². The lowest BCUT2D eigenvalue weighted by Gasteiger charge is -2.23. The highest BCUT2D eigenvalue weighted by molar-refractivity contribution is 5.94. The number of hydrogen-bond donors (Lipinski definition) is 2. The van der Waals surface area contributed by atoms with Gasteiger partial charge in [0, 0.05) is 18.5 Å². The van der Waals surface area contributed by atoms with Crippen LogP contribution in [0.15, 0.2) is 54.6 Å². The zero-order chi connectivity index (χ0) is 17.3. The van der Waals surface area contributed by atoms with Crippen LogP contribution in [0, 0.1) is 0 Å². The molecule has 2 aromatic rings. The standard InChI is InChI=1S/C21H26N2O2/c24-21(22-14-7-17-23-15-5-2-6-16-23)18-10-12-20(13-11-18)25-19-8-3-1-4-9-19/h1,3-4,8-13H,2,5-7,14-17H2,(H,22,24)/p+1. The van der Waals surface area contributed by atoms with Gasteiger partial charge in [0.15, 0.2) is 0 Å². The molecule has 0 bridgehead atoms. The number of piperidine rings is 1. The Morgan fingerprint density at radius 1 is 0.920 bits per heavy atom. The molecular weight excluding hydrogens is 312 g/mol. The third kappa shape index (κ3) is 5.61. The monoisotopic (exact) mass is 339 g/mol. The molecule has 1 saturated heterocycles. The predicted molar refractivity (Wildman–Crippen MR) is 99.3 cm³/mol. The first kappa shape index (κ1) is 17.5. The summed E-state index contributed by atoms with van der Waals surface area (Å²) in [6, 6.07) is 16.9. The zero-order valence-corrected chi connectivity index (χ0v) is 14.7. The minimum Gasteiger partial charge on any atom is -0.457 e. The Labute approximate surface area is 149 Å². The van der Waals surface area contributed by atoms with Gasteiger partial charge in [-0.15, -0.1) is 0 Å². The first-order valence-electron chi connectivity index (χ1n) is 9.26. The highest BCUT2D eigenvalue weighted by Crippen LogP contribution is 2.21. The molecule has 0 atom stereocenters. The van der Waals surface area contributed by atoms with E-state index in [4.69, 9.17) is 4.74 Å². The van der Waals surface area contributed by atoms with Crippen molar-refractivity contribution in [1.29, 1.82) is 0 Å². The molecule has 0 spiro atoms. The fourth-order valence-electron chi connectivity index (χ4n) is 3.24. The van der Waals surface area contributed by atoms with Gasteiger partial charge in [0.25, 0.3) is 5.91 Å². The molecule has 4 nitrogen and oxygen atoms in total. The predicted octanol–water partition coefficient (Wildman–Crippen LogP) is 2.67. The van der Waals surface area contributed by atoms with Crippen LogP contribution in [0.5, 0.6) is 11.5 Å². The normalized spacial score (nSPS) is 14.9. The summed E-state index contributed by atoms with van der Waals surface area (Å²) in [5, 5.41) is 3.01. The summed E-state index contributed by atoms with van der Waals surface area (Å²) in [5.74, 6) is 1.51. The van der Waals surface area contributed by atoms with E-state index < -0.39 is 0 Å². The lowest BCUT2D eigenvalue weighted by molar-refractivity contribution is -0.904. The highest BCUT2D eigenvalue weighted by Gasteiger charge is 2.13. The summed E-state index contributed by atoms with van der Waals surface area (Å²) in [4.78, 5) is 13.9. The summed E-state index contributed by atoms with van der Waals surface area (Å²) in [5.41, 5.74) is 0.672. The summed E-state index contributed by atoms with van der Waals surface area (Å²) in [6.07, 6.45) is 5.11. The number of carbonyl (C=O) groups is 1. The van der Waals surface area contributed by atoms with Gasteiger partial charge in [0.05, 0.1) is 19.6 Å². The molecule has 0 aromatic heterocycles. The minimum absolute atomic E-state index is 0.0140. The van der Waals surface area contributed by atoms with E-state index in [1.165, 1.54) is 32.4 Å². The van der Waals surface area contributed by atoms with Crippen LogP contribution in [0.4, 0.5) is 0 Å². The number of benzene rings is 2. The van der Waals surface area contributed by atoms with Crippen molar-refractivity contribution in [2.75, 3.05) is 26.2 Å². The molecule has 4 heteroatoms. The largest absolute Gasteiger partial charge is 0.457 e. The second-order valence-corrected chi connectivity index (χ2v) is 6.61. The van der Waals surface area contributed by atoms with Crippen molar-refractivity contribution >= 4 is 5.91 Å². The molecule has 0 unspecified atom stereocenters. The fraction of sp³-hybridized carbons (Fsp3) is 0.381. The lowest BCUT2D eigenvalue weighted by atomic mass is 10.1. The maximum atomic E-state index is 12.2. The third-order valence-corrected chi connectivity index (χ3v) is 4.65.